The van der Waals surface area contributed by atoms with E-state index < -0.39 is 22.4 Å². The first-order chi connectivity index (χ1) is 11.9. The fourth-order valence-electron chi connectivity index (χ4n) is 1.94. The van der Waals surface area contributed by atoms with Gasteiger partial charge in [-0.2, -0.15) is 0 Å². The van der Waals surface area contributed by atoms with Crippen molar-refractivity contribution >= 4 is 34.8 Å². The molecule has 0 aromatic heterocycles. The van der Waals surface area contributed by atoms with Crippen LogP contribution in [0.15, 0.2) is 42.5 Å². The first kappa shape index (κ1) is 18.2. The van der Waals surface area contributed by atoms with Gasteiger partial charge in [0.1, 0.15) is 5.56 Å². The Bertz CT molecular complexity index is 808. The van der Waals surface area contributed by atoms with Crippen LogP contribution in [-0.2, 0) is 4.79 Å². The maximum absolute atomic E-state index is 12.0. The van der Waals surface area contributed by atoms with E-state index in [1.54, 1.807) is 0 Å². The molecule has 0 atom stereocenters. The zero-order valence-corrected chi connectivity index (χ0v) is 14.0. The molecular formula is C16H15ClN4O4. The lowest BCUT2D eigenvalue weighted by Gasteiger charge is -2.09. The van der Waals surface area contributed by atoms with Crippen LogP contribution >= 0.6 is 11.6 Å². The Morgan fingerprint density at radius 3 is 2.44 bits per heavy atom. The topological polar surface area (TPSA) is 113 Å². The van der Waals surface area contributed by atoms with Crippen LogP contribution in [0.4, 0.5) is 11.4 Å². The summed E-state index contributed by atoms with van der Waals surface area (Å²) in [6.45, 7) is 1.87. The molecule has 3 N–H and O–H groups in total. The summed E-state index contributed by atoms with van der Waals surface area (Å²) in [6.07, 6.45) is 0. The first-order valence-electron chi connectivity index (χ1n) is 7.20. The molecule has 8 nitrogen and oxygen atoms in total. The SMILES string of the molecule is Cc1ccc(NCC(=O)NNC(=O)c2ccc(Cl)cc2[N+](=O)[O-])cc1. The Hall–Kier alpha value is -3.13. The Labute approximate surface area is 148 Å². The maximum atomic E-state index is 12.0. The predicted molar refractivity (Wildman–Crippen MR) is 93.4 cm³/mol. The molecule has 2 rings (SSSR count). The largest absolute Gasteiger partial charge is 0.376 e. The fraction of sp³-hybridized carbons (Fsp3) is 0.125. The van der Waals surface area contributed by atoms with Gasteiger partial charge in [0.25, 0.3) is 17.5 Å². The van der Waals surface area contributed by atoms with Crippen LogP contribution in [0, 0.1) is 17.0 Å². The van der Waals surface area contributed by atoms with E-state index in [4.69, 9.17) is 11.6 Å². The van der Waals surface area contributed by atoms with Crippen molar-refractivity contribution in [1.82, 2.24) is 10.9 Å². The number of carbonyl (C=O) groups excluding carboxylic acids is 2. The van der Waals surface area contributed by atoms with Gasteiger partial charge >= 0.3 is 0 Å². The fourth-order valence-corrected chi connectivity index (χ4v) is 2.11. The van der Waals surface area contributed by atoms with E-state index in [0.717, 1.165) is 17.3 Å². The van der Waals surface area contributed by atoms with E-state index in [0.29, 0.717) is 0 Å². The molecule has 2 amide bonds. The summed E-state index contributed by atoms with van der Waals surface area (Å²) >= 11 is 5.69. The zero-order chi connectivity index (χ0) is 18.4. The van der Waals surface area contributed by atoms with Gasteiger partial charge in [-0.15, -0.1) is 0 Å². The van der Waals surface area contributed by atoms with Crippen LogP contribution in [0.2, 0.25) is 5.02 Å². The summed E-state index contributed by atoms with van der Waals surface area (Å²) in [5.74, 6) is -1.32. The van der Waals surface area contributed by atoms with Crippen molar-refractivity contribution in [2.24, 2.45) is 0 Å². The molecule has 0 fully saturated rings. The minimum absolute atomic E-state index is 0.0773. The summed E-state index contributed by atoms with van der Waals surface area (Å²) in [7, 11) is 0. The number of nitro benzene ring substituents is 1. The number of aryl methyl sites for hydroxylation is 1. The lowest BCUT2D eigenvalue weighted by molar-refractivity contribution is -0.385. The molecule has 0 bridgehead atoms. The summed E-state index contributed by atoms with van der Waals surface area (Å²) < 4.78 is 0. The number of benzene rings is 2. The second kappa shape index (κ2) is 8.11. The van der Waals surface area contributed by atoms with Crippen LogP contribution in [0.5, 0.6) is 0 Å². The zero-order valence-electron chi connectivity index (χ0n) is 13.2. The second-order valence-corrected chi connectivity index (χ2v) is 5.58. The highest BCUT2D eigenvalue weighted by Gasteiger charge is 2.20. The van der Waals surface area contributed by atoms with Gasteiger partial charge in [0.05, 0.1) is 11.5 Å². The molecular weight excluding hydrogens is 348 g/mol. The maximum Gasteiger partial charge on any atom is 0.283 e. The Balaban J connectivity index is 1.90. The standard InChI is InChI=1S/C16H15ClN4O4/c1-10-2-5-12(6-3-10)18-9-15(22)19-20-16(23)13-7-4-11(17)8-14(13)21(24)25/h2-8,18H,9H2,1H3,(H,19,22)(H,20,23). The van der Waals surface area contributed by atoms with Gasteiger partial charge in [-0.1, -0.05) is 29.3 Å². The molecule has 0 aliphatic heterocycles. The minimum atomic E-state index is -0.813. The summed E-state index contributed by atoms with van der Waals surface area (Å²) in [5, 5.41) is 14.0. The Morgan fingerprint density at radius 2 is 1.80 bits per heavy atom. The van der Waals surface area contributed by atoms with Crippen LogP contribution < -0.4 is 16.2 Å². The molecule has 0 radical (unpaired) electrons. The van der Waals surface area contributed by atoms with Crippen molar-refractivity contribution in [2.45, 2.75) is 6.92 Å². The van der Waals surface area contributed by atoms with E-state index in [9.17, 15) is 19.7 Å². The van der Waals surface area contributed by atoms with Crippen molar-refractivity contribution < 1.29 is 14.5 Å². The molecule has 0 saturated carbocycles. The molecule has 9 heteroatoms. The lowest BCUT2D eigenvalue weighted by atomic mass is 10.2. The monoisotopic (exact) mass is 362 g/mol. The molecule has 0 heterocycles. The van der Waals surface area contributed by atoms with Gasteiger partial charge in [-0.05, 0) is 31.2 Å². The van der Waals surface area contributed by atoms with Crippen molar-refractivity contribution in [1.29, 1.82) is 0 Å². The number of nitrogens with one attached hydrogen (secondary N) is 3. The van der Waals surface area contributed by atoms with Gasteiger partial charge in [-0.25, -0.2) is 0 Å². The molecule has 2 aromatic rings. The summed E-state index contributed by atoms with van der Waals surface area (Å²) in [5.41, 5.74) is 5.51. The molecule has 0 aliphatic carbocycles. The Morgan fingerprint density at radius 1 is 1.12 bits per heavy atom. The number of amides is 2. The highest BCUT2D eigenvalue weighted by atomic mass is 35.5. The molecule has 2 aromatic carbocycles. The normalized spacial score (nSPS) is 10.0. The molecule has 130 valence electrons. The number of carbonyl (C=O) groups is 2. The van der Waals surface area contributed by atoms with Crippen molar-refractivity contribution in [2.75, 3.05) is 11.9 Å². The quantitative estimate of drug-likeness (QED) is 0.558. The van der Waals surface area contributed by atoms with Crippen molar-refractivity contribution in [3.8, 4) is 0 Å². The van der Waals surface area contributed by atoms with Gasteiger partial charge in [0.15, 0.2) is 0 Å². The van der Waals surface area contributed by atoms with Crippen LogP contribution in [0.1, 0.15) is 15.9 Å². The third kappa shape index (κ3) is 5.18. The molecule has 0 unspecified atom stereocenters. The highest BCUT2D eigenvalue weighted by Crippen LogP contribution is 2.22. The smallest absolute Gasteiger partial charge is 0.283 e. The molecule has 0 aliphatic rings. The van der Waals surface area contributed by atoms with Gasteiger partial charge < -0.3 is 5.32 Å². The number of nitrogens with zero attached hydrogens (tertiary/aromatic N) is 1. The van der Waals surface area contributed by atoms with E-state index in [1.165, 1.54) is 12.1 Å². The van der Waals surface area contributed by atoms with E-state index in [1.807, 2.05) is 31.2 Å². The van der Waals surface area contributed by atoms with Gasteiger partial charge in [0.2, 0.25) is 0 Å². The number of hydrogen-bond donors (Lipinski definition) is 3. The van der Waals surface area contributed by atoms with Crippen molar-refractivity contribution in [3.05, 3.63) is 68.7 Å². The third-order valence-corrected chi connectivity index (χ3v) is 3.46. The first-order valence-corrected chi connectivity index (χ1v) is 7.58. The summed E-state index contributed by atoms with van der Waals surface area (Å²) in [4.78, 5) is 34.0. The Kier molecular flexibility index (Phi) is 5.91. The molecule has 0 saturated heterocycles. The van der Waals surface area contributed by atoms with Crippen LogP contribution in [0.3, 0.4) is 0 Å². The lowest BCUT2D eigenvalue weighted by Crippen LogP contribution is -2.44. The number of anilines is 1. The van der Waals surface area contributed by atoms with Gasteiger partial charge in [-0.3, -0.25) is 30.6 Å². The van der Waals surface area contributed by atoms with Gasteiger partial charge in [0, 0.05) is 16.8 Å². The number of hydrazine groups is 1. The highest BCUT2D eigenvalue weighted by molar-refractivity contribution is 6.31. The van der Waals surface area contributed by atoms with E-state index in [2.05, 4.69) is 16.2 Å². The third-order valence-electron chi connectivity index (χ3n) is 3.22. The number of rotatable bonds is 5. The average molecular weight is 363 g/mol. The minimum Gasteiger partial charge on any atom is -0.376 e. The number of halogens is 1. The van der Waals surface area contributed by atoms with Crippen LogP contribution in [-0.4, -0.2) is 23.3 Å². The number of nitro groups is 1. The molecule has 25 heavy (non-hydrogen) atoms. The number of hydrogen-bond acceptors (Lipinski definition) is 5. The average Bonchev–Trinajstić information content (AvgIpc) is 2.59. The van der Waals surface area contributed by atoms with Crippen molar-refractivity contribution in [3.63, 3.8) is 0 Å². The second-order valence-electron chi connectivity index (χ2n) is 5.14. The van der Waals surface area contributed by atoms with E-state index >= 15 is 0 Å². The predicted octanol–water partition coefficient (Wildman–Crippen LogP) is 2.43. The van der Waals surface area contributed by atoms with E-state index in [-0.39, 0.29) is 17.1 Å². The van der Waals surface area contributed by atoms with Crippen LogP contribution in [0.25, 0.3) is 0 Å². The molecule has 0 spiro atoms. The summed E-state index contributed by atoms with van der Waals surface area (Å²) in [6, 6.07) is 11.0.